The van der Waals surface area contributed by atoms with Crippen LogP contribution in [0, 0.1) is 5.82 Å². The molecule has 1 N–H and O–H groups in total. The van der Waals surface area contributed by atoms with E-state index in [4.69, 9.17) is 14.2 Å². The Labute approximate surface area is 202 Å². The molecule has 0 fully saturated rings. The van der Waals surface area contributed by atoms with Crippen LogP contribution in [0.1, 0.15) is 27.2 Å². The number of aromatic carboxylic acids is 1. The van der Waals surface area contributed by atoms with Gasteiger partial charge in [-0.2, -0.15) is 0 Å². The monoisotopic (exact) mass is 477 g/mol. The molecule has 3 aromatic carbocycles. The number of rotatable bonds is 10. The molecule has 8 heteroatoms. The van der Waals surface area contributed by atoms with Crippen molar-refractivity contribution < 1.29 is 28.5 Å². The molecule has 0 saturated heterocycles. The number of hydrogen-bond donors (Lipinski definition) is 1. The third kappa shape index (κ3) is 5.07. The van der Waals surface area contributed by atoms with E-state index in [9.17, 15) is 14.3 Å². The Morgan fingerprint density at radius 1 is 0.943 bits per heavy atom. The predicted molar refractivity (Wildman–Crippen MR) is 128 cm³/mol. The lowest BCUT2D eigenvalue weighted by molar-refractivity contribution is -0.255. The van der Waals surface area contributed by atoms with Crippen LogP contribution < -0.4 is 24.6 Å². The number of nitrogens with one attached hydrogen (secondary N) is 1. The van der Waals surface area contributed by atoms with E-state index in [2.05, 4.69) is 5.32 Å². The number of nitrogens with zero attached hydrogens (tertiary/aromatic N) is 1. The van der Waals surface area contributed by atoms with E-state index in [1.54, 1.807) is 50.2 Å². The molecule has 0 amide bonds. The zero-order valence-corrected chi connectivity index (χ0v) is 19.8. The topological polar surface area (TPSA) is 84.8 Å². The molecule has 4 aromatic rings. The fourth-order valence-corrected chi connectivity index (χ4v) is 4.26. The van der Waals surface area contributed by atoms with Gasteiger partial charge >= 0.3 is 0 Å². The number of aromatic nitrogens is 1. The van der Waals surface area contributed by atoms with Crippen molar-refractivity contribution in [2.75, 3.05) is 21.3 Å². The van der Waals surface area contributed by atoms with Gasteiger partial charge in [0.05, 0.1) is 38.5 Å². The molecule has 1 heterocycles. The van der Waals surface area contributed by atoms with Crippen LogP contribution in [-0.2, 0) is 19.6 Å². The number of carboxylic acids is 1. The van der Waals surface area contributed by atoms with Gasteiger partial charge in [-0.15, -0.1) is 0 Å². The minimum Gasteiger partial charge on any atom is -0.543 e. The van der Waals surface area contributed by atoms with E-state index >= 15 is 0 Å². The molecule has 0 aliphatic rings. The molecule has 0 saturated carbocycles. The van der Waals surface area contributed by atoms with Gasteiger partial charge in [0.2, 0.25) is 0 Å². The van der Waals surface area contributed by atoms with Crippen LogP contribution in [-0.4, -0.2) is 31.9 Å². The Kier molecular flexibility index (Phi) is 7.22. The van der Waals surface area contributed by atoms with E-state index in [-0.39, 0.29) is 24.6 Å². The molecule has 0 aliphatic heterocycles. The molecule has 4 rings (SSSR count). The van der Waals surface area contributed by atoms with Crippen molar-refractivity contribution in [3.63, 3.8) is 0 Å². The fraction of sp³-hybridized carbons (Fsp3) is 0.222. The molecular weight excluding hydrogens is 451 g/mol. The summed E-state index contributed by atoms with van der Waals surface area (Å²) in [6, 6.07) is 17.0. The molecule has 1 aromatic heterocycles. The Morgan fingerprint density at radius 2 is 1.69 bits per heavy atom. The highest BCUT2D eigenvalue weighted by atomic mass is 19.1. The third-order valence-corrected chi connectivity index (χ3v) is 5.90. The van der Waals surface area contributed by atoms with Crippen LogP contribution in [0.15, 0.2) is 60.7 Å². The summed E-state index contributed by atoms with van der Waals surface area (Å²) in [6.07, 6.45) is 0. The number of hydrogen-bond acceptors (Lipinski definition) is 6. The van der Waals surface area contributed by atoms with Crippen LogP contribution in [0.25, 0.3) is 10.9 Å². The summed E-state index contributed by atoms with van der Waals surface area (Å²) in [5, 5.41) is 16.4. The number of methoxy groups -OCH3 is 3. The number of carbonyl (C=O) groups is 1. The molecule has 0 radical (unpaired) electrons. The number of carbonyl (C=O) groups excluding carboxylic acids is 1. The maximum Gasteiger partial charge on any atom is 0.123 e. The standard InChI is InChI=1S/C27H27FN2O5/c1-33-20-8-10-25(35-3)18(12-20)14-29-15-23-22-9-7-21(34-2)13-24(22)30(26(23)27(31)32)16-17-5-4-6-19(28)11-17/h4-13,29H,14-16H2,1-3H3,(H,31,32)/p-1. The normalized spacial score (nSPS) is 11.0. The van der Waals surface area contributed by atoms with Gasteiger partial charge < -0.3 is 34.0 Å². The second-order valence-electron chi connectivity index (χ2n) is 8.00. The highest BCUT2D eigenvalue weighted by molar-refractivity contribution is 5.98. The van der Waals surface area contributed by atoms with Gasteiger partial charge in [0.1, 0.15) is 23.1 Å². The van der Waals surface area contributed by atoms with Gasteiger partial charge in [0.15, 0.2) is 0 Å². The first-order valence-electron chi connectivity index (χ1n) is 11.0. The first-order chi connectivity index (χ1) is 16.9. The number of carboxylic acid groups (broad SMARTS) is 1. The quantitative estimate of drug-likeness (QED) is 0.376. The van der Waals surface area contributed by atoms with Crippen molar-refractivity contribution in [1.82, 2.24) is 9.88 Å². The van der Waals surface area contributed by atoms with Gasteiger partial charge in [-0.1, -0.05) is 12.1 Å². The first kappa shape index (κ1) is 24.1. The summed E-state index contributed by atoms with van der Waals surface area (Å²) in [5.41, 5.74) is 2.76. The summed E-state index contributed by atoms with van der Waals surface area (Å²) < 4.78 is 31.6. The maximum absolute atomic E-state index is 13.8. The second-order valence-corrected chi connectivity index (χ2v) is 8.00. The zero-order chi connectivity index (χ0) is 24.9. The fourth-order valence-electron chi connectivity index (χ4n) is 4.26. The Hall–Kier alpha value is -4.04. The summed E-state index contributed by atoms with van der Waals surface area (Å²) in [5.74, 6) is 0.266. The van der Waals surface area contributed by atoms with Crippen LogP contribution >= 0.6 is 0 Å². The Balaban J connectivity index is 1.73. The molecule has 0 unspecified atom stereocenters. The SMILES string of the molecule is COc1ccc(OC)c(CNCc2c(C(=O)[O-])n(Cc3cccc(F)c3)c3cc(OC)ccc23)c1. The van der Waals surface area contributed by atoms with Gasteiger partial charge in [0.25, 0.3) is 0 Å². The van der Waals surface area contributed by atoms with Crippen molar-refractivity contribution in [3.8, 4) is 17.2 Å². The number of ether oxygens (including phenoxy) is 3. The summed E-state index contributed by atoms with van der Waals surface area (Å²) in [4.78, 5) is 12.3. The molecule has 0 bridgehead atoms. The van der Waals surface area contributed by atoms with E-state index < -0.39 is 5.97 Å². The van der Waals surface area contributed by atoms with Crippen LogP contribution in [0.4, 0.5) is 4.39 Å². The summed E-state index contributed by atoms with van der Waals surface area (Å²) in [6.45, 7) is 0.830. The molecule has 0 spiro atoms. The lowest BCUT2D eigenvalue weighted by atomic mass is 10.1. The lowest BCUT2D eigenvalue weighted by Crippen LogP contribution is -2.28. The van der Waals surface area contributed by atoms with Crippen LogP contribution in [0.2, 0.25) is 0 Å². The van der Waals surface area contributed by atoms with Crippen molar-refractivity contribution in [2.45, 2.75) is 19.6 Å². The smallest absolute Gasteiger partial charge is 0.123 e. The molecule has 7 nitrogen and oxygen atoms in total. The van der Waals surface area contributed by atoms with Gasteiger partial charge in [-0.05, 0) is 48.0 Å². The zero-order valence-electron chi connectivity index (χ0n) is 19.8. The van der Waals surface area contributed by atoms with Crippen LogP contribution in [0.3, 0.4) is 0 Å². The second kappa shape index (κ2) is 10.5. The van der Waals surface area contributed by atoms with E-state index in [0.29, 0.717) is 40.4 Å². The molecular formula is C27H26FN2O5-. The van der Waals surface area contributed by atoms with Gasteiger partial charge in [0, 0.05) is 42.2 Å². The Bertz CT molecular complexity index is 1370. The maximum atomic E-state index is 13.8. The van der Waals surface area contributed by atoms with Gasteiger partial charge in [-0.3, -0.25) is 0 Å². The molecule has 182 valence electrons. The number of halogens is 1. The minimum atomic E-state index is -1.31. The predicted octanol–water partition coefficient (Wildman–Crippen LogP) is 3.51. The molecule has 0 atom stereocenters. The van der Waals surface area contributed by atoms with E-state index in [0.717, 1.165) is 10.9 Å². The lowest BCUT2D eigenvalue weighted by Gasteiger charge is -2.15. The van der Waals surface area contributed by atoms with Crippen molar-refractivity contribution >= 4 is 16.9 Å². The molecule has 35 heavy (non-hydrogen) atoms. The summed E-state index contributed by atoms with van der Waals surface area (Å²) in [7, 11) is 4.73. The average Bonchev–Trinajstić information content (AvgIpc) is 3.16. The third-order valence-electron chi connectivity index (χ3n) is 5.90. The average molecular weight is 478 g/mol. The summed E-state index contributed by atoms with van der Waals surface area (Å²) >= 11 is 0. The van der Waals surface area contributed by atoms with Crippen molar-refractivity contribution in [1.29, 1.82) is 0 Å². The Morgan fingerprint density at radius 3 is 2.37 bits per heavy atom. The molecule has 0 aliphatic carbocycles. The van der Waals surface area contributed by atoms with E-state index in [1.165, 1.54) is 12.1 Å². The van der Waals surface area contributed by atoms with Crippen LogP contribution in [0.5, 0.6) is 17.2 Å². The largest absolute Gasteiger partial charge is 0.543 e. The number of benzene rings is 3. The van der Waals surface area contributed by atoms with Gasteiger partial charge in [-0.25, -0.2) is 4.39 Å². The van der Waals surface area contributed by atoms with Crippen molar-refractivity contribution in [2.24, 2.45) is 0 Å². The first-order valence-corrected chi connectivity index (χ1v) is 11.0. The minimum absolute atomic E-state index is 0.0302. The van der Waals surface area contributed by atoms with E-state index in [1.807, 2.05) is 24.3 Å². The number of fused-ring (bicyclic) bond motifs is 1. The highest BCUT2D eigenvalue weighted by Gasteiger charge is 2.19. The van der Waals surface area contributed by atoms with Crippen molar-refractivity contribution in [3.05, 3.63) is 88.9 Å². The highest BCUT2D eigenvalue weighted by Crippen LogP contribution is 2.31.